The van der Waals surface area contributed by atoms with E-state index in [0.717, 1.165) is 25.3 Å². The number of aromatic nitrogens is 3. The van der Waals surface area contributed by atoms with Crippen molar-refractivity contribution in [1.29, 1.82) is 0 Å². The molecule has 4 heteroatoms. The fourth-order valence-electron chi connectivity index (χ4n) is 2.51. The van der Waals surface area contributed by atoms with Crippen molar-refractivity contribution in [3.63, 3.8) is 0 Å². The molecule has 1 aromatic rings. The van der Waals surface area contributed by atoms with E-state index in [0.29, 0.717) is 0 Å². The highest BCUT2D eigenvalue weighted by atomic mass is 15.3. The van der Waals surface area contributed by atoms with E-state index >= 15 is 0 Å². The van der Waals surface area contributed by atoms with Crippen LogP contribution in [0.15, 0.2) is 0 Å². The Hall–Kier alpha value is -0.900. The first kappa shape index (κ1) is 10.6. The number of piperidine rings is 1. The van der Waals surface area contributed by atoms with Crippen molar-refractivity contribution in [3.05, 3.63) is 11.6 Å². The van der Waals surface area contributed by atoms with Gasteiger partial charge in [-0.15, -0.1) is 10.2 Å². The van der Waals surface area contributed by atoms with E-state index in [9.17, 15) is 0 Å². The summed E-state index contributed by atoms with van der Waals surface area (Å²) in [4.78, 5) is 0. The lowest BCUT2D eigenvalue weighted by Gasteiger charge is -2.35. The zero-order valence-corrected chi connectivity index (χ0v) is 9.88. The topological polar surface area (TPSA) is 42.7 Å². The molecule has 0 amide bonds. The van der Waals surface area contributed by atoms with Crippen LogP contribution in [0.2, 0.25) is 0 Å². The second kappa shape index (κ2) is 3.93. The van der Waals surface area contributed by atoms with Crippen molar-refractivity contribution in [3.8, 4) is 0 Å². The van der Waals surface area contributed by atoms with E-state index in [1.54, 1.807) is 0 Å². The molecule has 1 aliphatic heterocycles. The predicted octanol–water partition coefficient (Wildman–Crippen LogP) is 1.15. The summed E-state index contributed by atoms with van der Waals surface area (Å²) in [5, 5.41) is 12.0. The summed E-state index contributed by atoms with van der Waals surface area (Å²) in [6.07, 6.45) is 3.51. The number of hydrogen-bond acceptors (Lipinski definition) is 3. The SMILES string of the molecule is CCC1(c2nnc(C)n2C)CCNCC1. The van der Waals surface area contributed by atoms with Crippen LogP contribution in [0.25, 0.3) is 0 Å². The van der Waals surface area contributed by atoms with E-state index in [1.807, 2.05) is 6.92 Å². The van der Waals surface area contributed by atoms with Crippen molar-refractivity contribution < 1.29 is 0 Å². The minimum atomic E-state index is 0.251. The first-order valence-corrected chi connectivity index (χ1v) is 5.77. The molecule has 1 aromatic heterocycles. The maximum absolute atomic E-state index is 4.37. The zero-order valence-electron chi connectivity index (χ0n) is 9.88. The van der Waals surface area contributed by atoms with Gasteiger partial charge in [-0.2, -0.15) is 0 Å². The second-order valence-corrected chi connectivity index (χ2v) is 4.51. The normalized spacial score (nSPS) is 20.5. The first-order chi connectivity index (χ1) is 7.19. The maximum atomic E-state index is 4.37. The molecule has 0 spiro atoms. The van der Waals surface area contributed by atoms with Gasteiger partial charge in [0.05, 0.1) is 0 Å². The molecule has 15 heavy (non-hydrogen) atoms. The van der Waals surface area contributed by atoms with Crippen LogP contribution in [0.4, 0.5) is 0 Å². The van der Waals surface area contributed by atoms with Gasteiger partial charge in [-0.05, 0) is 39.3 Å². The van der Waals surface area contributed by atoms with Crippen LogP contribution >= 0.6 is 0 Å². The molecule has 2 rings (SSSR count). The molecule has 0 aromatic carbocycles. The van der Waals surface area contributed by atoms with E-state index in [-0.39, 0.29) is 5.41 Å². The summed E-state index contributed by atoms with van der Waals surface area (Å²) >= 11 is 0. The van der Waals surface area contributed by atoms with Crippen LogP contribution in [0.3, 0.4) is 0 Å². The Bertz CT molecular complexity index is 336. The summed E-state index contributed by atoms with van der Waals surface area (Å²) in [5.74, 6) is 2.18. The molecule has 1 fully saturated rings. The summed E-state index contributed by atoms with van der Waals surface area (Å²) in [6, 6.07) is 0. The Kier molecular flexibility index (Phi) is 2.78. The third kappa shape index (κ3) is 1.67. The lowest BCUT2D eigenvalue weighted by atomic mass is 9.76. The Balaban J connectivity index is 2.36. The van der Waals surface area contributed by atoms with Crippen molar-refractivity contribution in [2.75, 3.05) is 13.1 Å². The summed E-state index contributed by atoms with van der Waals surface area (Å²) in [5.41, 5.74) is 0.251. The molecule has 0 aliphatic carbocycles. The van der Waals surface area contributed by atoms with Gasteiger partial charge in [-0.25, -0.2) is 0 Å². The Morgan fingerprint density at radius 1 is 1.33 bits per heavy atom. The Morgan fingerprint density at radius 2 is 2.00 bits per heavy atom. The summed E-state index contributed by atoms with van der Waals surface area (Å²) in [7, 11) is 2.07. The molecular formula is C11H20N4. The van der Waals surface area contributed by atoms with E-state index in [1.165, 1.54) is 18.7 Å². The molecule has 0 atom stereocenters. The molecule has 1 saturated heterocycles. The molecule has 1 N–H and O–H groups in total. The Labute approximate surface area is 91.1 Å². The van der Waals surface area contributed by atoms with Gasteiger partial charge in [0.1, 0.15) is 11.6 Å². The third-order valence-electron chi connectivity index (χ3n) is 3.80. The molecule has 0 unspecified atom stereocenters. The molecule has 1 aliphatic rings. The summed E-state index contributed by atoms with van der Waals surface area (Å²) in [6.45, 7) is 6.47. The lowest BCUT2D eigenvalue weighted by molar-refractivity contribution is 0.275. The van der Waals surface area contributed by atoms with Crippen LogP contribution in [-0.4, -0.2) is 27.9 Å². The number of rotatable bonds is 2. The highest BCUT2D eigenvalue weighted by Crippen LogP contribution is 2.35. The minimum Gasteiger partial charge on any atom is -0.318 e. The zero-order chi connectivity index (χ0) is 10.9. The molecule has 2 heterocycles. The van der Waals surface area contributed by atoms with E-state index in [2.05, 4.69) is 34.1 Å². The number of aryl methyl sites for hydroxylation is 1. The van der Waals surface area contributed by atoms with Crippen molar-refractivity contribution in [2.24, 2.45) is 7.05 Å². The third-order valence-corrected chi connectivity index (χ3v) is 3.80. The smallest absolute Gasteiger partial charge is 0.139 e. The van der Waals surface area contributed by atoms with Crippen LogP contribution in [0.5, 0.6) is 0 Å². The number of hydrogen-bond donors (Lipinski definition) is 1. The van der Waals surface area contributed by atoms with Gasteiger partial charge in [0.25, 0.3) is 0 Å². The van der Waals surface area contributed by atoms with Crippen molar-refractivity contribution >= 4 is 0 Å². The van der Waals surface area contributed by atoms with Gasteiger partial charge >= 0.3 is 0 Å². The van der Waals surface area contributed by atoms with Crippen molar-refractivity contribution in [2.45, 2.75) is 38.5 Å². The van der Waals surface area contributed by atoms with Crippen LogP contribution in [0, 0.1) is 6.92 Å². The van der Waals surface area contributed by atoms with Crippen LogP contribution in [-0.2, 0) is 12.5 Å². The quantitative estimate of drug-likeness (QED) is 0.793. The maximum Gasteiger partial charge on any atom is 0.139 e. The van der Waals surface area contributed by atoms with Crippen molar-refractivity contribution in [1.82, 2.24) is 20.1 Å². The molecule has 84 valence electrons. The summed E-state index contributed by atoms with van der Waals surface area (Å²) < 4.78 is 2.15. The molecule has 0 saturated carbocycles. The molecule has 0 radical (unpaired) electrons. The van der Waals surface area contributed by atoms with E-state index in [4.69, 9.17) is 0 Å². The standard InChI is InChI=1S/C11H20N4/c1-4-11(5-7-12-8-6-11)10-14-13-9(2)15(10)3/h12H,4-8H2,1-3H3. The van der Waals surface area contributed by atoms with Gasteiger partial charge in [-0.3, -0.25) is 0 Å². The van der Waals surface area contributed by atoms with Gasteiger partial charge in [0.15, 0.2) is 0 Å². The largest absolute Gasteiger partial charge is 0.318 e. The van der Waals surface area contributed by atoms with E-state index < -0.39 is 0 Å². The van der Waals surface area contributed by atoms with Gasteiger partial charge < -0.3 is 9.88 Å². The first-order valence-electron chi connectivity index (χ1n) is 5.77. The molecule has 0 bridgehead atoms. The van der Waals surface area contributed by atoms with Crippen LogP contribution in [0.1, 0.15) is 37.8 Å². The lowest BCUT2D eigenvalue weighted by Crippen LogP contribution is -2.41. The number of nitrogens with one attached hydrogen (secondary N) is 1. The molecule has 4 nitrogen and oxygen atoms in total. The van der Waals surface area contributed by atoms with Gasteiger partial charge in [-0.1, -0.05) is 6.92 Å². The second-order valence-electron chi connectivity index (χ2n) is 4.51. The highest BCUT2D eigenvalue weighted by molar-refractivity contribution is 5.11. The minimum absolute atomic E-state index is 0.251. The monoisotopic (exact) mass is 208 g/mol. The van der Waals surface area contributed by atoms with Gasteiger partial charge in [0, 0.05) is 12.5 Å². The highest BCUT2D eigenvalue weighted by Gasteiger charge is 2.36. The average Bonchev–Trinajstić information content (AvgIpc) is 2.61. The fraction of sp³-hybridized carbons (Fsp3) is 0.818. The van der Waals surface area contributed by atoms with Crippen LogP contribution < -0.4 is 5.32 Å². The molecular weight excluding hydrogens is 188 g/mol. The Morgan fingerprint density at radius 3 is 2.47 bits per heavy atom. The predicted molar refractivity (Wildman–Crippen MR) is 59.8 cm³/mol. The average molecular weight is 208 g/mol. The fourth-order valence-corrected chi connectivity index (χ4v) is 2.51. The van der Waals surface area contributed by atoms with Gasteiger partial charge in [0.2, 0.25) is 0 Å². The number of nitrogens with zero attached hydrogens (tertiary/aromatic N) is 3.